The number of Topliss-reactive ketones (excluding diaryl/α,β-unsaturated/α-hetero) is 1. The number of anilines is 1. The van der Waals surface area contributed by atoms with Crippen molar-refractivity contribution in [2.24, 2.45) is 0 Å². The number of carbonyl (C=O) groups excluding carboxylic acids is 3. The van der Waals surface area contributed by atoms with Gasteiger partial charge in [0.05, 0.1) is 11.9 Å². The van der Waals surface area contributed by atoms with Gasteiger partial charge in [-0.1, -0.05) is 79.9 Å². The molecule has 228 valence electrons. The number of rotatable bonds is 12. The van der Waals surface area contributed by atoms with Crippen LogP contribution in [-0.4, -0.2) is 55.8 Å². The molecule has 4 rings (SSSR count). The predicted octanol–water partition coefficient (Wildman–Crippen LogP) is 4.88. The van der Waals surface area contributed by atoms with E-state index in [0.717, 1.165) is 48.2 Å². The molecule has 3 aromatic carbocycles. The average molecular weight is 608 g/mol. The number of hydrogen-bond acceptors (Lipinski definition) is 5. The predicted molar refractivity (Wildman–Crippen MR) is 165 cm³/mol. The Balaban J connectivity index is 1.74. The molecule has 1 aliphatic rings. The summed E-state index contributed by atoms with van der Waals surface area (Å²) < 4.78 is 41.8. The molecule has 3 aromatic rings. The van der Waals surface area contributed by atoms with Crippen molar-refractivity contribution in [3.8, 4) is 0 Å². The van der Waals surface area contributed by atoms with Gasteiger partial charge in [0.2, 0.25) is 21.8 Å². The molecule has 10 heteroatoms. The first-order valence-corrected chi connectivity index (χ1v) is 16.3. The van der Waals surface area contributed by atoms with E-state index in [1.807, 2.05) is 30.3 Å². The number of halogens is 1. The molecule has 1 fully saturated rings. The van der Waals surface area contributed by atoms with Crippen molar-refractivity contribution in [2.45, 2.75) is 64.1 Å². The molecule has 0 aliphatic heterocycles. The molecule has 1 atom stereocenters. The van der Waals surface area contributed by atoms with Crippen LogP contribution < -0.4 is 9.62 Å². The zero-order chi connectivity index (χ0) is 31.0. The summed E-state index contributed by atoms with van der Waals surface area (Å²) in [5.74, 6) is -1.85. The SMILES string of the molecule is CC(=O)c1cccc(N(CC(=O)N(Cc2ccccc2F)C(Cc2ccccc2)C(=O)NC2CCCCC2)S(C)(=O)=O)c1. The highest BCUT2D eigenvalue weighted by atomic mass is 32.2. The number of nitrogens with one attached hydrogen (secondary N) is 1. The highest BCUT2D eigenvalue weighted by Crippen LogP contribution is 2.23. The van der Waals surface area contributed by atoms with Crippen LogP contribution >= 0.6 is 0 Å². The van der Waals surface area contributed by atoms with Gasteiger partial charge in [-0.25, -0.2) is 12.8 Å². The van der Waals surface area contributed by atoms with E-state index in [1.165, 1.54) is 36.1 Å². The minimum Gasteiger partial charge on any atom is -0.352 e. The summed E-state index contributed by atoms with van der Waals surface area (Å²) >= 11 is 0. The molecule has 2 amide bonds. The molecule has 0 radical (unpaired) electrons. The van der Waals surface area contributed by atoms with Crippen molar-refractivity contribution in [3.05, 3.63) is 101 Å². The highest BCUT2D eigenvalue weighted by Gasteiger charge is 2.34. The summed E-state index contributed by atoms with van der Waals surface area (Å²) in [6, 6.07) is 20.2. The van der Waals surface area contributed by atoms with Crippen molar-refractivity contribution >= 4 is 33.3 Å². The van der Waals surface area contributed by atoms with Gasteiger partial charge in [0.15, 0.2) is 5.78 Å². The summed E-state index contributed by atoms with van der Waals surface area (Å²) in [4.78, 5) is 41.4. The highest BCUT2D eigenvalue weighted by molar-refractivity contribution is 7.92. The van der Waals surface area contributed by atoms with Crippen molar-refractivity contribution in [1.82, 2.24) is 10.2 Å². The second-order valence-corrected chi connectivity index (χ2v) is 12.9. The molecule has 0 saturated heterocycles. The molecule has 1 N–H and O–H groups in total. The first-order valence-electron chi connectivity index (χ1n) is 14.5. The Morgan fingerprint density at radius 2 is 1.60 bits per heavy atom. The standard InChI is InChI=1S/C33H38FN3O5S/c1-24(38)26-15-11-18-29(21-26)37(43(2,41)42)23-32(39)36(22-27-14-9-10-19-30(27)34)31(20-25-12-5-3-6-13-25)33(40)35-28-16-7-4-8-17-28/h3,5-6,9-15,18-19,21,28,31H,4,7-8,16-17,20,22-23H2,1-2H3,(H,35,40). The maximum absolute atomic E-state index is 14.9. The van der Waals surface area contributed by atoms with Crippen molar-refractivity contribution in [3.63, 3.8) is 0 Å². The molecular formula is C33H38FN3O5S. The quantitative estimate of drug-likeness (QED) is 0.296. The van der Waals surface area contributed by atoms with Crippen molar-refractivity contribution < 1.29 is 27.2 Å². The number of hydrogen-bond donors (Lipinski definition) is 1. The van der Waals surface area contributed by atoms with Gasteiger partial charge in [-0.2, -0.15) is 0 Å². The van der Waals surface area contributed by atoms with Gasteiger partial charge in [-0.05, 0) is 43.5 Å². The first kappa shape index (κ1) is 31.9. The van der Waals surface area contributed by atoms with Gasteiger partial charge in [0.25, 0.3) is 0 Å². The van der Waals surface area contributed by atoms with Crippen LogP contribution in [-0.2, 0) is 32.6 Å². The van der Waals surface area contributed by atoms with Crippen LogP contribution in [0.1, 0.15) is 60.5 Å². The zero-order valence-electron chi connectivity index (χ0n) is 24.5. The van der Waals surface area contributed by atoms with Crippen LogP contribution in [0, 0.1) is 5.82 Å². The lowest BCUT2D eigenvalue weighted by atomic mass is 9.94. The number of sulfonamides is 1. The molecule has 1 unspecified atom stereocenters. The van der Waals surface area contributed by atoms with Crippen molar-refractivity contribution in [1.29, 1.82) is 0 Å². The third-order valence-corrected chi connectivity index (χ3v) is 8.88. The molecule has 0 spiro atoms. The molecule has 0 heterocycles. The summed E-state index contributed by atoms with van der Waals surface area (Å²) in [6.07, 6.45) is 5.88. The molecule has 0 aromatic heterocycles. The molecule has 43 heavy (non-hydrogen) atoms. The summed E-state index contributed by atoms with van der Waals surface area (Å²) in [7, 11) is -4.00. The van der Waals surface area contributed by atoms with E-state index in [1.54, 1.807) is 24.3 Å². The third kappa shape index (κ3) is 8.73. The van der Waals surface area contributed by atoms with Gasteiger partial charge < -0.3 is 10.2 Å². The van der Waals surface area contributed by atoms with E-state index in [2.05, 4.69) is 5.32 Å². The third-order valence-electron chi connectivity index (χ3n) is 7.74. The van der Waals surface area contributed by atoms with Gasteiger partial charge in [-0.3, -0.25) is 18.7 Å². The van der Waals surface area contributed by atoms with Gasteiger partial charge >= 0.3 is 0 Å². The first-order chi connectivity index (χ1) is 20.5. The van der Waals surface area contributed by atoms with E-state index >= 15 is 0 Å². The van der Waals surface area contributed by atoms with E-state index in [9.17, 15) is 27.2 Å². The Morgan fingerprint density at radius 1 is 0.930 bits per heavy atom. The fourth-order valence-corrected chi connectivity index (χ4v) is 6.24. The van der Waals surface area contributed by atoms with E-state index in [-0.39, 0.29) is 47.5 Å². The topological polar surface area (TPSA) is 104 Å². The number of carbonyl (C=O) groups is 3. The Hall–Kier alpha value is -4.05. The fraction of sp³-hybridized carbons (Fsp3) is 0.364. The lowest BCUT2D eigenvalue weighted by molar-refractivity contribution is -0.140. The Labute approximate surface area is 252 Å². The number of nitrogens with zero attached hydrogens (tertiary/aromatic N) is 2. The van der Waals surface area contributed by atoms with E-state index in [4.69, 9.17) is 0 Å². The van der Waals surface area contributed by atoms with Gasteiger partial charge in [0, 0.05) is 30.1 Å². The van der Waals surface area contributed by atoms with Crippen LogP contribution in [0.15, 0.2) is 78.9 Å². The lowest BCUT2D eigenvalue weighted by Crippen LogP contribution is -2.55. The monoisotopic (exact) mass is 607 g/mol. The van der Waals surface area contributed by atoms with Gasteiger partial charge in [0.1, 0.15) is 18.4 Å². The van der Waals surface area contributed by atoms with Crippen LogP contribution in [0.4, 0.5) is 10.1 Å². The maximum Gasteiger partial charge on any atom is 0.244 e. The molecule has 1 saturated carbocycles. The Morgan fingerprint density at radius 3 is 2.26 bits per heavy atom. The van der Waals surface area contributed by atoms with E-state index < -0.39 is 34.3 Å². The second kappa shape index (κ2) is 14.4. The van der Waals surface area contributed by atoms with Gasteiger partial charge in [-0.15, -0.1) is 0 Å². The fourth-order valence-electron chi connectivity index (χ4n) is 5.40. The van der Waals surface area contributed by atoms with Crippen LogP contribution in [0.25, 0.3) is 0 Å². The number of amides is 2. The summed E-state index contributed by atoms with van der Waals surface area (Å²) in [5.41, 5.74) is 1.42. The largest absolute Gasteiger partial charge is 0.352 e. The van der Waals surface area contributed by atoms with Crippen LogP contribution in [0.5, 0.6) is 0 Å². The van der Waals surface area contributed by atoms with Crippen LogP contribution in [0.2, 0.25) is 0 Å². The minimum atomic E-state index is -4.00. The van der Waals surface area contributed by atoms with Crippen molar-refractivity contribution in [2.75, 3.05) is 17.1 Å². The Kier molecular flexibility index (Phi) is 10.7. The minimum absolute atomic E-state index is 0.0354. The average Bonchev–Trinajstić information content (AvgIpc) is 2.99. The molecule has 1 aliphatic carbocycles. The summed E-state index contributed by atoms with van der Waals surface area (Å²) in [5, 5.41) is 3.11. The molecule has 0 bridgehead atoms. The van der Waals surface area contributed by atoms with Crippen LogP contribution in [0.3, 0.4) is 0 Å². The number of benzene rings is 3. The smallest absolute Gasteiger partial charge is 0.244 e. The lowest BCUT2D eigenvalue weighted by Gasteiger charge is -2.35. The maximum atomic E-state index is 14.9. The second-order valence-electron chi connectivity index (χ2n) is 11.0. The molecule has 8 nitrogen and oxygen atoms in total. The normalized spacial score (nSPS) is 14.5. The number of ketones is 1. The Bertz CT molecular complexity index is 1540. The molecular weight excluding hydrogens is 569 g/mol. The summed E-state index contributed by atoms with van der Waals surface area (Å²) in [6.45, 7) is 0.479. The zero-order valence-corrected chi connectivity index (χ0v) is 25.4. The van der Waals surface area contributed by atoms with E-state index in [0.29, 0.717) is 0 Å².